The van der Waals surface area contributed by atoms with Gasteiger partial charge in [0.2, 0.25) is 0 Å². The lowest BCUT2D eigenvalue weighted by Gasteiger charge is -2.20. The Balaban J connectivity index is 1.50. The summed E-state index contributed by atoms with van der Waals surface area (Å²) in [4.78, 5) is 25.0. The average molecular weight is 532 g/mol. The normalized spacial score (nSPS) is 15.3. The third-order valence-electron chi connectivity index (χ3n) is 6.48. The van der Waals surface area contributed by atoms with Gasteiger partial charge in [-0.05, 0) is 90.3 Å². The van der Waals surface area contributed by atoms with Crippen LogP contribution >= 0.6 is 11.8 Å². The minimum Gasteiger partial charge on any atom is -0.480 e. The Kier molecular flexibility index (Phi) is 9.62. The largest absolute Gasteiger partial charge is 0.480 e. The van der Waals surface area contributed by atoms with Gasteiger partial charge in [-0.25, -0.2) is 4.79 Å². The molecule has 38 heavy (non-hydrogen) atoms. The first kappa shape index (κ1) is 27.5. The molecule has 1 aliphatic carbocycles. The number of hydrogen-bond acceptors (Lipinski definition) is 5. The zero-order valence-electron chi connectivity index (χ0n) is 21.7. The zero-order valence-corrected chi connectivity index (χ0v) is 22.6. The lowest BCUT2D eigenvalue weighted by atomic mass is 9.93. The van der Waals surface area contributed by atoms with Gasteiger partial charge >= 0.3 is 5.97 Å². The molecule has 2 aromatic carbocycles. The maximum atomic E-state index is 13.2. The molecule has 0 saturated carbocycles. The summed E-state index contributed by atoms with van der Waals surface area (Å²) < 4.78 is 12.0. The number of hydrogen-bond donors (Lipinski definition) is 2. The van der Waals surface area contributed by atoms with E-state index in [1.807, 2.05) is 61.7 Å². The maximum absolute atomic E-state index is 13.2. The number of carboxylic acids is 1. The number of rotatable bonds is 11. The van der Waals surface area contributed by atoms with Crippen molar-refractivity contribution in [2.24, 2.45) is 0 Å². The third kappa shape index (κ3) is 7.05. The Hall–Kier alpha value is -3.55. The summed E-state index contributed by atoms with van der Waals surface area (Å²) in [6, 6.07) is 12.4. The summed E-state index contributed by atoms with van der Waals surface area (Å²) in [5, 5.41) is 12.3. The molecule has 0 fully saturated rings. The first-order valence-electron chi connectivity index (χ1n) is 12.7. The molecule has 0 radical (unpaired) electrons. The molecule has 1 atom stereocenters. The molecule has 1 heterocycles. The zero-order chi connectivity index (χ0) is 26.9. The highest BCUT2D eigenvalue weighted by atomic mass is 32.2. The van der Waals surface area contributed by atoms with E-state index in [4.69, 9.17) is 9.47 Å². The van der Waals surface area contributed by atoms with Crippen LogP contribution in [0, 0.1) is 6.92 Å². The van der Waals surface area contributed by atoms with Crippen LogP contribution < -0.4 is 5.32 Å². The first-order chi connectivity index (χ1) is 18.5. The van der Waals surface area contributed by atoms with Crippen LogP contribution in [0.5, 0.6) is 0 Å². The van der Waals surface area contributed by atoms with E-state index < -0.39 is 17.9 Å². The molecule has 1 aliphatic heterocycles. The molecule has 6 nitrogen and oxygen atoms in total. The fourth-order valence-electron chi connectivity index (χ4n) is 4.41. The van der Waals surface area contributed by atoms with Gasteiger partial charge in [0.25, 0.3) is 5.91 Å². The molecular weight excluding hydrogens is 498 g/mol. The molecule has 2 aromatic rings. The summed E-state index contributed by atoms with van der Waals surface area (Å²) in [5.41, 5.74) is 5.21. The van der Waals surface area contributed by atoms with Crippen LogP contribution in [0.1, 0.15) is 40.7 Å². The van der Waals surface area contributed by atoms with Gasteiger partial charge in [-0.2, -0.15) is 11.8 Å². The number of aliphatic carboxylic acids is 1. The lowest BCUT2D eigenvalue weighted by Crippen LogP contribution is -2.41. The van der Waals surface area contributed by atoms with Crippen molar-refractivity contribution in [2.45, 2.75) is 38.8 Å². The van der Waals surface area contributed by atoms with Crippen LogP contribution in [0.15, 0.2) is 89.9 Å². The molecule has 2 aliphatic rings. The number of allylic oxidation sites excluding steroid dienone is 6. The van der Waals surface area contributed by atoms with E-state index in [0.717, 1.165) is 46.6 Å². The van der Waals surface area contributed by atoms with Crippen molar-refractivity contribution in [3.63, 3.8) is 0 Å². The van der Waals surface area contributed by atoms with Crippen molar-refractivity contribution in [1.82, 2.24) is 5.32 Å². The highest BCUT2D eigenvalue weighted by molar-refractivity contribution is 7.98. The van der Waals surface area contributed by atoms with Gasteiger partial charge in [-0.3, -0.25) is 4.79 Å². The quantitative estimate of drug-likeness (QED) is 0.360. The predicted molar refractivity (Wildman–Crippen MR) is 152 cm³/mol. The Morgan fingerprint density at radius 3 is 2.76 bits per heavy atom. The number of carbonyl (C=O) groups excluding carboxylic acids is 1. The third-order valence-corrected chi connectivity index (χ3v) is 7.13. The Labute approximate surface area is 228 Å². The lowest BCUT2D eigenvalue weighted by molar-refractivity contribution is -0.139. The Bertz CT molecular complexity index is 1310. The number of carboxylic acid groups (broad SMARTS) is 1. The summed E-state index contributed by atoms with van der Waals surface area (Å²) in [6.07, 6.45) is 14.3. The fourth-order valence-corrected chi connectivity index (χ4v) is 4.88. The van der Waals surface area contributed by atoms with E-state index in [2.05, 4.69) is 23.5 Å². The molecule has 0 saturated heterocycles. The molecule has 1 unspecified atom stereocenters. The SMILES string of the molecule is CSCCC(NC(=O)c1ccc(COCC2=CCC3=CCC=CC=C3O2)cc1-c1ccccc1C)C(=O)O. The number of fused-ring (bicyclic) bond motifs is 1. The van der Waals surface area contributed by atoms with Gasteiger partial charge in [0.05, 0.1) is 6.61 Å². The van der Waals surface area contributed by atoms with Crippen molar-refractivity contribution in [3.8, 4) is 11.1 Å². The first-order valence-corrected chi connectivity index (χ1v) is 14.1. The van der Waals surface area contributed by atoms with Crippen molar-refractivity contribution < 1.29 is 24.2 Å². The van der Waals surface area contributed by atoms with Gasteiger partial charge in [-0.1, -0.05) is 48.6 Å². The van der Waals surface area contributed by atoms with Crippen LogP contribution in [-0.4, -0.2) is 41.6 Å². The second-order valence-electron chi connectivity index (χ2n) is 9.23. The van der Waals surface area contributed by atoms with Crippen molar-refractivity contribution in [3.05, 3.63) is 107 Å². The fraction of sp³-hybridized carbons (Fsp3) is 0.290. The minimum absolute atomic E-state index is 0.339. The van der Waals surface area contributed by atoms with Crippen molar-refractivity contribution >= 4 is 23.6 Å². The summed E-state index contributed by atoms with van der Waals surface area (Å²) in [6.45, 7) is 2.67. The number of amides is 1. The predicted octanol–water partition coefficient (Wildman–Crippen LogP) is 6.19. The monoisotopic (exact) mass is 531 g/mol. The molecule has 0 aromatic heterocycles. The molecule has 7 heteroatoms. The van der Waals surface area contributed by atoms with E-state index in [1.54, 1.807) is 17.8 Å². The van der Waals surface area contributed by atoms with Crippen molar-refractivity contribution in [2.75, 3.05) is 18.6 Å². The summed E-state index contributed by atoms with van der Waals surface area (Å²) in [5.74, 6) is 0.856. The molecule has 4 rings (SSSR count). The number of nitrogens with one attached hydrogen (secondary N) is 1. The molecule has 2 N–H and O–H groups in total. The minimum atomic E-state index is -1.03. The molecule has 198 valence electrons. The second kappa shape index (κ2) is 13.3. The average Bonchev–Trinajstić information content (AvgIpc) is 3.16. The van der Waals surface area contributed by atoms with E-state index >= 15 is 0 Å². The number of thioether (sulfide) groups is 1. The molecule has 0 spiro atoms. The standard InChI is InChI=1S/C31H33NO5S/c1-21-8-6-7-10-25(21)27-18-22(12-15-26(27)30(33)32-28(31(34)35)16-17-38-2)19-36-20-24-14-13-23-9-4-3-5-11-29(23)37-24/h3,5-12,14-15,18,28H,4,13,16-17,19-20H2,1-2H3,(H,32,33)(H,34,35). The van der Waals surface area contributed by atoms with Crippen LogP contribution in [0.2, 0.25) is 0 Å². The second-order valence-corrected chi connectivity index (χ2v) is 10.2. The number of carbonyl (C=O) groups is 2. The highest BCUT2D eigenvalue weighted by Gasteiger charge is 2.23. The number of benzene rings is 2. The number of aryl methyl sites for hydroxylation is 1. The van der Waals surface area contributed by atoms with Crippen LogP contribution in [-0.2, 0) is 20.9 Å². The maximum Gasteiger partial charge on any atom is 0.326 e. The van der Waals surface area contributed by atoms with Crippen LogP contribution in [0.4, 0.5) is 0 Å². The topological polar surface area (TPSA) is 84.9 Å². The van der Waals surface area contributed by atoms with E-state index in [-0.39, 0.29) is 0 Å². The summed E-state index contributed by atoms with van der Waals surface area (Å²) in [7, 11) is 0. The van der Waals surface area contributed by atoms with Gasteiger partial charge < -0.3 is 19.9 Å². The Morgan fingerprint density at radius 2 is 1.97 bits per heavy atom. The van der Waals surface area contributed by atoms with Crippen LogP contribution in [0.25, 0.3) is 11.1 Å². The number of ether oxygens (including phenoxy) is 2. The van der Waals surface area contributed by atoms with Gasteiger partial charge in [0, 0.05) is 5.56 Å². The van der Waals surface area contributed by atoms with E-state index in [9.17, 15) is 14.7 Å². The summed E-state index contributed by atoms with van der Waals surface area (Å²) >= 11 is 1.55. The molecular formula is C31H33NO5S. The highest BCUT2D eigenvalue weighted by Crippen LogP contribution is 2.30. The van der Waals surface area contributed by atoms with Crippen LogP contribution in [0.3, 0.4) is 0 Å². The molecule has 1 amide bonds. The Morgan fingerprint density at radius 1 is 1.13 bits per heavy atom. The van der Waals surface area contributed by atoms with E-state index in [1.165, 1.54) is 5.57 Å². The van der Waals surface area contributed by atoms with Gasteiger partial charge in [-0.15, -0.1) is 0 Å². The van der Waals surface area contributed by atoms with Gasteiger partial charge in [0.1, 0.15) is 24.2 Å². The molecule has 0 bridgehead atoms. The smallest absolute Gasteiger partial charge is 0.326 e. The van der Waals surface area contributed by atoms with E-state index in [0.29, 0.717) is 31.0 Å². The van der Waals surface area contributed by atoms with Gasteiger partial charge in [0.15, 0.2) is 0 Å². The van der Waals surface area contributed by atoms with Crippen molar-refractivity contribution in [1.29, 1.82) is 0 Å².